The molecule has 0 atom stereocenters. The number of fused-ring (bicyclic) bond motifs is 1. The van der Waals surface area contributed by atoms with Gasteiger partial charge in [0.05, 0.1) is 23.8 Å². The first-order valence-electron chi connectivity index (χ1n) is 6.74. The molecular weight excluding hydrogens is 347 g/mol. The summed E-state index contributed by atoms with van der Waals surface area (Å²) >= 11 is 12.1. The van der Waals surface area contributed by atoms with Crippen LogP contribution in [0.25, 0.3) is 10.9 Å². The van der Waals surface area contributed by atoms with E-state index in [0.717, 1.165) is 10.9 Å². The molecule has 1 aromatic carbocycles. The standard InChI is InChI=1S/C14H14Cl2N2O3S/c1-9-6-14(16)17-12-8-11(15)13(7-10(9)12)22(19,20)18-2-4-21-5-3-18/h6-8H,2-5H2,1H3. The Bertz CT molecular complexity index is 834. The van der Waals surface area contributed by atoms with Gasteiger partial charge in [-0.2, -0.15) is 4.31 Å². The lowest BCUT2D eigenvalue weighted by Crippen LogP contribution is -2.40. The summed E-state index contributed by atoms with van der Waals surface area (Å²) in [5.74, 6) is 0. The Morgan fingerprint density at radius 2 is 1.86 bits per heavy atom. The zero-order valence-electron chi connectivity index (χ0n) is 11.8. The van der Waals surface area contributed by atoms with Gasteiger partial charge in [-0.1, -0.05) is 23.2 Å². The number of aromatic nitrogens is 1. The average molecular weight is 361 g/mol. The van der Waals surface area contributed by atoms with E-state index < -0.39 is 10.0 Å². The van der Waals surface area contributed by atoms with E-state index in [2.05, 4.69) is 4.98 Å². The van der Waals surface area contributed by atoms with Crippen molar-refractivity contribution in [2.45, 2.75) is 11.8 Å². The van der Waals surface area contributed by atoms with Crippen molar-refractivity contribution in [1.29, 1.82) is 0 Å². The first-order valence-corrected chi connectivity index (χ1v) is 8.93. The Morgan fingerprint density at radius 1 is 1.18 bits per heavy atom. The lowest BCUT2D eigenvalue weighted by atomic mass is 10.1. The van der Waals surface area contributed by atoms with Crippen molar-refractivity contribution < 1.29 is 13.2 Å². The SMILES string of the molecule is Cc1cc(Cl)nc2cc(Cl)c(S(=O)(=O)N3CCOCC3)cc12. The smallest absolute Gasteiger partial charge is 0.244 e. The second kappa shape index (κ2) is 5.94. The number of halogens is 2. The van der Waals surface area contributed by atoms with Gasteiger partial charge in [-0.15, -0.1) is 0 Å². The van der Waals surface area contributed by atoms with Gasteiger partial charge < -0.3 is 4.74 Å². The number of morpholine rings is 1. The number of sulfonamides is 1. The van der Waals surface area contributed by atoms with Crippen LogP contribution in [0.5, 0.6) is 0 Å². The van der Waals surface area contributed by atoms with Crippen LogP contribution in [0.15, 0.2) is 23.1 Å². The molecule has 1 aliphatic rings. The maximum absolute atomic E-state index is 12.8. The Kier molecular flexibility index (Phi) is 4.31. The molecule has 2 aromatic rings. The topological polar surface area (TPSA) is 59.5 Å². The lowest BCUT2D eigenvalue weighted by Gasteiger charge is -2.26. The molecular formula is C14H14Cl2N2O3S. The highest BCUT2D eigenvalue weighted by Gasteiger charge is 2.29. The monoisotopic (exact) mass is 360 g/mol. The Hall–Kier alpha value is -0.920. The van der Waals surface area contributed by atoms with Crippen LogP contribution in [-0.2, 0) is 14.8 Å². The number of ether oxygens (including phenoxy) is 1. The van der Waals surface area contributed by atoms with Gasteiger partial charge >= 0.3 is 0 Å². The van der Waals surface area contributed by atoms with Crippen LogP contribution in [-0.4, -0.2) is 44.0 Å². The molecule has 1 aromatic heterocycles. The van der Waals surface area contributed by atoms with Crippen LogP contribution in [0.2, 0.25) is 10.2 Å². The van der Waals surface area contributed by atoms with Gasteiger partial charge in [-0.25, -0.2) is 13.4 Å². The number of hydrogen-bond acceptors (Lipinski definition) is 4. The number of aryl methyl sites for hydroxylation is 1. The molecule has 1 saturated heterocycles. The van der Waals surface area contributed by atoms with Crippen LogP contribution < -0.4 is 0 Å². The maximum Gasteiger partial charge on any atom is 0.244 e. The summed E-state index contributed by atoms with van der Waals surface area (Å²) in [5, 5.41) is 1.22. The zero-order chi connectivity index (χ0) is 15.9. The van der Waals surface area contributed by atoms with E-state index in [-0.39, 0.29) is 9.92 Å². The third kappa shape index (κ3) is 2.81. The summed E-state index contributed by atoms with van der Waals surface area (Å²) in [6.07, 6.45) is 0. The second-order valence-electron chi connectivity index (χ2n) is 5.08. The van der Waals surface area contributed by atoms with Crippen molar-refractivity contribution in [3.8, 4) is 0 Å². The molecule has 22 heavy (non-hydrogen) atoms. The number of pyridine rings is 1. The quantitative estimate of drug-likeness (QED) is 0.772. The second-order valence-corrected chi connectivity index (χ2v) is 7.78. The molecule has 118 valence electrons. The van der Waals surface area contributed by atoms with E-state index in [1.807, 2.05) is 6.92 Å². The van der Waals surface area contributed by atoms with Crippen LogP contribution in [0.1, 0.15) is 5.56 Å². The molecule has 0 saturated carbocycles. The number of benzene rings is 1. The van der Waals surface area contributed by atoms with Crippen LogP contribution in [0, 0.1) is 6.92 Å². The van der Waals surface area contributed by atoms with Crippen molar-refractivity contribution >= 4 is 44.1 Å². The molecule has 0 spiro atoms. The number of nitrogens with zero attached hydrogens (tertiary/aromatic N) is 2. The molecule has 8 heteroatoms. The largest absolute Gasteiger partial charge is 0.379 e. The molecule has 0 aliphatic carbocycles. The van der Waals surface area contributed by atoms with E-state index in [1.165, 1.54) is 4.31 Å². The van der Waals surface area contributed by atoms with Crippen molar-refractivity contribution in [3.05, 3.63) is 33.9 Å². The summed E-state index contributed by atoms with van der Waals surface area (Å²) in [7, 11) is -3.65. The van der Waals surface area contributed by atoms with E-state index in [0.29, 0.717) is 37.0 Å². The zero-order valence-corrected chi connectivity index (χ0v) is 14.2. The fourth-order valence-electron chi connectivity index (χ4n) is 2.48. The van der Waals surface area contributed by atoms with E-state index in [9.17, 15) is 8.42 Å². The fourth-order valence-corrected chi connectivity index (χ4v) is 4.66. The predicted octanol–water partition coefficient (Wildman–Crippen LogP) is 2.87. The first-order chi connectivity index (χ1) is 10.4. The van der Waals surface area contributed by atoms with Crippen molar-refractivity contribution in [2.75, 3.05) is 26.3 Å². The van der Waals surface area contributed by atoms with Crippen LogP contribution >= 0.6 is 23.2 Å². The highest BCUT2D eigenvalue weighted by Crippen LogP contribution is 2.31. The predicted molar refractivity (Wildman–Crippen MR) is 86.1 cm³/mol. The fraction of sp³-hybridized carbons (Fsp3) is 0.357. The van der Waals surface area contributed by atoms with Crippen molar-refractivity contribution in [1.82, 2.24) is 9.29 Å². The Balaban J connectivity index is 2.16. The molecule has 1 aliphatic heterocycles. The lowest BCUT2D eigenvalue weighted by molar-refractivity contribution is 0.0730. The van der Waals surface area contributed by atoms with Gasteiger partial charge in [-0.05, 0) is 30.7 Å². The normalized spacial score (nSPS) is 17.0. The van der Waals surface area contributed by atoms with Gasteiger partial charge in [0, 0.05) is 18.5 Å². The minimum atomic E-state index is -3.65. The molecule has 0 N–H and O–H groups in total. The third-order valence-corrected chi connectivity index (χ3v) is 6.18. The highest BCUT2D eigenvalue weighted by molar-refractivity contribution is 7.89. The van der Waals surface area contributed by atoms with E-state index >= 15 is 0 Å². The van der Waals surface area contributed by atoms with Gasteiger partial charge in [0.25, 0.3) is 0 Å². The molecule has 2 heterocycles. The number of rotatable bonds is 2. The van der Waals surface area contributed by atoms with E-state index in [1.54, 1.807) is 18.2 Å². The van der Waals surface area contributed by atoms with Crippen LogP contribution in [0.3, 0.4) is 0 Å². The van der Waals surface area contributed by atoms with Gasteiger partial charge in [0.1, 0.15) is 10.0 Å². The van der Waals surface area contributed by atoms with E-state index in [4.69, 9.17) is 27.9 Å². The molecule has 0 amide bonds. The molecule has 0 radical (unpaired) electrons. The van der Waals surface area contributed by atoms with Crippen molar-refractivity contribution in [3.63, 3.8) is 0 Å². The van der Waals surface area contributed by atoms with Crippen molar-refractivity contribution in [2.24, 2.45) is 0 Å². The molecule has 3 rings (SSSR count). The molecule has 1 fully saturated rings. The summed E-state index contributed by atoms with van der Waals surface area (Å²) in [5.41, 5.74) is 1.43. The Morgan fingerprint density at radius 3 is 2.55 bits per heavy atom. The van der Waals surface area contributed by atoms with Gasteiger partial charge in [0.2, 0.25) is 10.0 Å². The minimum Gasteiger partial charge on any atom is -0.379 e. The molecule has 0 bridgehead atoms. The highest BCUT2D eigenvalue weighted by atomic mass is 35.5. The molecule has 5 nitrogen and oxygen atoms in total. The summed E-state index contributed by atoms with van der Waals surface area (Å²) < 4.78 is 32.1. The summed E-state index contributed by atoms with van der Waals surface area (Å²) in [4.78, 5) is 4.28. The van der Waals surface area contributed by atoms with Crippen LogP contribution in [0.4, 0.5) is 0 Å². The number of hydrogen-bond donors (Lipinski definition) is 0. The average Bonchev–Trinajstić information content (AvgIpc) is 2.47. The third-order valence-electron chi connectivity index (χ3n) is 3.63. The van der Waals surface area contributed by atoms with Gasteiger partial charge in [0.15, 0.2) is 0 Å². The minimum absolute atomic E-state index is 0.0933. The Labute approximate surface area is 138 Å². The summed E-state index contributed by atoms with van der Waals surface area (Å²) in [6.45, 7) is 3.29. The summed E-state index contributed by atoms with van der Waals surface area (Å²) in [6, 6.07) is 4.81. The maximum atomic E-state index is 12.8. The first kappa shape index (κ1) is 16.0. The van der Waals surface area contributed by atoms with Gasteiger partial charge in [-0.3, -0.25) is 0 Å². The molecule has 0 unspecified atom stereocenters.